The van der Waals surface area contributed by atoms with E-state index in [0.717, 1.165) is 17.2 Å². The van der Waals surface area contributed by atoms with Gasteiger partial charge in [-0.2, -0.15) is 0 Å². The number of benzene rings is 2. The Kier molecular flexibility index (Phi) is 4.32. The molecule has 1 amide bonds. The number of amides is 1. The monoisotopic (exact) mass is 366 g/mol. The van der Waals surface area contributed by atoms with E-state index in [1.54, 1.807) is 24.5 Å². The minimum Gasteiger partial charge on any atom is -0.485 e. The number of carbonyl (C=O) groups is 1. The highest BCUT2D eigenvalue weighted by Crippen LogP contribution is 2.38. The maximum Gasteiger partial charge on any atom is 0.251 e. The van der Waals surface area contributed by atoms with Gasteiger partial charge in [-0.1, -0.05) is 0 Å². The molecule has 1 N–H and O–H groups in total. The zero-order valence-corrected chi connectivity index (χ0v) is 14.5. The van der Waals surface area contributed by atoms with Gasteiger partial charge in [0.25, 0.3) is 5.91 Å². The first-order valence-corrected chi connectivity index (χ1v) is 8.50. The van der Waals surface area contributed by atoms with Gasteiger partial charge in [0.15, 0.2) is 0 Å². The Balaban J connectivity index is 1.81. The van der Waals surface area contributed by atoms with Crippen LogP contribution < -0.4 is 10.1 Å². The molecular weight excluding hydrogens is 350 g/mol. The average molecular weight is 366 g/mol. The van der Waals surface area contributed by atoms with E-state index < -0.39 is 11.6 Å². The van der Waals surface area contributed by atoms with Crippen LogP contribution in [0.4, 0.5) is 8.78 Å². The van der Waals surface area contributed by atoms with Gasteiger partial charge in [-0.05, 0) is 54.4 Å². The lowest BCUT2D eigenvalue weighted by Crippen LogP contribution is -2.12. The normalized spacial score (nSPS) is 13.8. The number of fused-ring (bicyclic) bond motifs is 1. The molecule has 2 aromatic carbocycles. The standard InChI is InChI=1S/C21H16F2N2O2/c1-12(13-4-6-24-7-5-13)27-20-8-14-11-25-21(26)17(14)10-18(20)16-3-2-15(22)9-19(16)23/h2-10,12H,11H2,1H3,(H,25,26). The summed E-state index contributed by atoms with van der Waals surface area (Å²) >= 11 is 0. The highest BCUT2D eigenvalue weighted by atomic mass is 19.1. The molecular formula is C21H16F2N2O2. The van der Waals surface area contributed by atoms with Gasteiger partial charge in [0.1, 0.15) is 23.5 Å². The summed E-state index contributed by atoms with van der Waals surface area (Å²) in [7, 11) is 0. The lowest BCUT2D eigenvalue weighted by atomic mass is 9.98. The van der Waals surface area contributed by atoms with Crippen LogP contribution in [0.1, 0.15) is 34.5 Å². The third-order valence-electron chi connectivity index (χ3n) is 4.59. The lowest BCUT2D eigenvalue weighted by molar-refractivity contribution is 0.0966. The van der Waals surface area contributed by atoms with Crippen LogP contribution in [0.3, 0.4) is 0 Å². The number of nitrogens with one attached hydrogen (secondary N) is 1. The molecule has 136 valence electrons. The summed E-state index contributed by atoms with van der Waals surface area (Å²) in [6.07, 6.45) is 3.01. The summed E-state index contributed by atoms with van der Waals surface area (Å²) in [5, 5.41) is 2.74. The second kappa shape index (κ2) is 6.79. The maximum atomic E-state index is 14.4. The summed E-state index contributed by atoms with van der Waals surface area (Å²) in [6, 6.07) is 10.4. The van der Waals surface area contributed by atoms with Crippen LogP contribution >= 0.6 is 0 Å². The molecule has 1 aromatic heterocycles. The van der Waals surface area contributed by atoms with Gasteiger partial charge in [0.05, 0.1) is 0 Å². The summed E-state index contributed by atoms with van der Waals surface area (Å²) in [5.41, 5.74) is 2.74. The molecule has 0 bridgehead atoms. The number of nitrogens with zero attached hydrogens (tertiary/aromatic N) is 1. The number of rotatable bonds is 4. The summed E-state index contributed by atoms with van der Waals surface area (Å²) < 4.78 is 33.9. The summed E-state index contributed by atoms with van der Waals surface area (Å²) in [6.45, 7) is 2.26. The molecule has 0 saturated heterocycles. The maximum absolute atomic E-state index is 14.4. The van der Waals surface area contributed by atoms with Crippen LogP contribution in [0, 0.1) is 11.6 Å². The van der Waals surface area contributed by atoms with Crippen molar-refractivity contribution >= 4 is 5.91 Å². The van der Waals surface area contributed by atoms with E-state index in [1.165, 1.54) is 12.1 Å². The third kappa shape index (κ3) is 3.26. The van der Waals surface area contributed by atoms with E-state index in [4.69, 9.17) is 4.74 Å². The van der Waals surface area contributed by atoms with Crippen molar-refractivity contribution in [2.45, 2.75) is 19.6 Å². The predicted octanol–water partition coefficient (Wildman–Crippen LogP) is 4.41. The van der Waals surface area contributed by atoms with Gasteiger partial charge in [-0.15, -0.1) is 0 Å². The van der Waals surface area contributed by atoms with Crippen LogP contribution in [0.15, 0.2) is 54.9 Å². The number of ether oxygens (including phenoxy) is 1. The third-order valence-corrected chi connectivity index (χ3v) is 4.59. The highest BCUT2D eigenvalue weighted by Gasteiger charge is 2.24. The van der Waals surface area contributed by atoms with Gasteiger partial charge < -0.3 is 10.1 Å². The molecule has 4 rings (SSSR count). The summed E-state index contributed by atoms with van der Waals surface area (Å²) in [4.78, 5) is 16.0. The Hall–Kier alpha value is -3.28. The Morgan fingerprint density at radius 2 is 1.81 bits per heavy atom. The fourth-order valence-electron chi connectivity index (χ4n) is 3.16. The van der Waals surface area contributed by atoms with Crippen LogP contribution in [-0.2, 0) is 6.54 Å². The zero-order chi connectivity index (χ0) is 19.0. The molecule has 27 heavy (non-hydrogen) atoms. The fourth-order valence-corrected chi connectivity index (χ4v) is 3.16. The minimum absolute atomic E-state index is 0.177. The van der Waals surface area contributed by atoms with Crippen molar-refractivity contribution in [3.63, 3.8) is 0 Å². The molecule has 3 aromatic rings. The van der Waals surface area contributed by atoms with E-state index in [9.17, 15) is 13.6 Å². The number of halogens is 2. The molecule has 1 aliphatic heterocycles. The second-order valence-corrected chi connectivity index (χ2v) is 6.35. The molecule has 1 atom stereocenters. The van der Waals surface area contributed by atoms with Crippen molar-refractivity contribution in [2.75, 3.05) is 0 Å². The molecule has 2 heterocycles. The number of pyridine rings is 1. The first kappa shape index (κ1) is 17.1. The van der Waals surface area contributed by atoms with E-state index in [-0.39, 0.29) is 17.6 Å². The highest BCUT2D eigenvalue weighted by molar-refractivity contribution is 6.00. The first-order chi connectivity index (χ1) is 13.0. The first-order valence-electron chi connectivity index (χ1n) is 8.50. The Labute approximate surface area is 154 Å². The smallest absolute Gasteiger partial charge is 0.251 e. The van der Waals surface area contributed by atoms with Gasteiger partial charge in [0.2, 0.25) is 0 Å². The fraction of sp³-hybridized carbons (Fsp3) is 0.143. The molecule has 6 heteroatoms. The topological polar surface area (TPSA) is 51.2 Å². The van der Waals surface area contributed by atoms with Crippen LogP contribution in [-0.4, -0.2) is 10.9 Å². The predicted molar refractivity (Wildman–Crippen MR) is 96.2 cm³/mol. The quantitative estimate of drug-likeness (QED) is 0.744. The van der Waals surface area contributed by atoms with Crippen molar-refractivity contribution in [3.8, 4) is 16.9 Å². The van der Waals surface area contributed by atoms with Crippen molar-refractivity contribution < 1.29 is 18.3 Å². The van der Waals surface area contributed by atoms with E-state index >= 15 is 0 Å². The molecule has 0 radical (unpaired) electrons. The Bertz CT molecular complexity index is 1020. The minimum atomic E-state index is -0.713. The summed E-state index contributed by atoms with van der Waals surface area (Å²) in [5.74, 6) is -1.17. The van der Waals surface area contributed by atoms with Gasteiger partial charge in [-0.25, -0.2) is 8.78 Å². The molecule has 1 unspecified atom stereocenters. The molecule has 0 spiro atoms. The Morgan fingerprint density at radius 1 is 1.04 bits per heavy atom. The van der Waals surface area contributed by atoms with Crippen molar-refractivity contribution in [1.29, 1.82) is 0 Å². The van der Waals surface area contributed by atoms with Crippen LogP contribution in [0.5, 0.6) is 5.75 Å². The van der Waals surface area contributed by atoms with E-state index in [1.807, 2.05) is 19.1 Å². The molecule has 1 aliphatic rings. The number of hydrogen-bond donors (Lipinski definition) is 1. The SMILES string of the molecule is CC(Oc1cc2c(cc1-c1ccc(F)cc1F)C(=O)NC2)c1ccncc1. The number of carbonyl (C=O) groups excluding carboxylic acids is 1. The van der Waals surface area contributed by atoms with Crippen molar-refractivity contribution in [2.24, 2.45) is 0 Å². The van der Waals surface area contributed by atoms with E-state index in [0.29, 0.717) is 23.4 Å². The van der Waals surface area contributed by atoms with Crippen molar-refractivity contribution in [3.05, 3.63) is 83.2 Å². The largest absolute Gasteiger partial charge is 0.485 e. The van der Waals surface area contributed by atoms with Gasteiger partial charge in [-0.3, -0.25) is 9.78 Å². The second-order valence-electron chi connectivity index (χ2n) is 6.35. The lowest BCUT2D eigenvalue weighted by Gasteiger charge is -2.19. The van der Waals surface area contributed by atoms with Gasteiger partial charge >= 0.3 is 0 Å². The molecule has 0 fully saturated rings. The molecule has 0 saturated carbocycles. The molecule has 0 aliphatic carbocycles. The number of hydrogen-bond acceptors (Lipinski definition) is 3. The van der Waals surface area contributed by atoms with E-state index in [2.05, 4.69) is 10.3 Å². The number of aromatic nitrogens is 1. The van der Waals surface area contributed by atoms with Crippen LogP contribution in [0.2, 0.25) is 0 Å². The van der Waals surface area contributed by atoms with Crippen LogP contribution in [0.25, 0.3) is 11.1 Å². The zero-order valence-electron chi connectivity index (χ0n) is 14.5. The van der Waals surface area contributed by atoms with Crippen molar-refractivity contribution in [1.82, 2.24) is 10.3 Å². The average Bonchev–Trinajstić information content (AvgIpc) is 3.02. The molecule has 4 nitrogen and oxygen atoms in total. The Morgan fingerprint density at radius 3 is 2.56 bits per heavy atom. The van der Waals surface area contributed by atoms with Gasteiger partial charge in [0, 0.05) is 41.7 Å².